The Morgan fingerprint density at radius 3 is 2.88 bits per heavy atom. The molecule has 1 unspecified atom stereocenters. The first-order valence-corrected chi connectivity index (χ1v) is 5.47. The molecule has 0 bridgehead atoms. The third kappa shape index (κ3) is 2.46. The number of hydrogen-bond donors (Lipinski definition) is 1. The lowest BCUT2D eigenvalue weighted by Gasteiger charge is -2.11. The van der Waals surface area contributed by atoms with Gasteiger partial charge < -0.3 is 9.73 Å². The van der Waals surface area contributed by atoms with Gasteiger partial charge in [0.1, 0.15) is 5.76 Å². The molecule has 4 nitrogen and oxygen atoms in total. The van der Waals surface area contributed by atoms with Crippen LogP contribution in [0.25, 0.3) is 0 Å². The quantitative estimate of drug-likeness (QED) is 0.889. The van der Waals surface area contributed by atoms with E-state index in [1.54, 1.807) is 10.7 Å². The third-order valence-corrected chi connectivity index (χ3v) is 2.69. The molecule has 0 aromatic carbocycles. The van der Waals surface area contributed by atoms with Gasteiger partial charge in [-0.05, 0) is 42.8 Å². The monoisotopic (exact) mass is 239 g/mol. The van der Waals surface area contributed by atoms with Gasteiger partial charge >= 0.3 is 0 Å². The summed E-state index contributed by atoms with van der Waals surface area (Å²) in [5.74, 6) is 0.844. The van der Waals surface area contributed by atoms with Gasteiger partial charge in [-0.25, -0.2) is 0 Å². The molecular formula is C11H14ClN3O. The number of likely N-dealkylation sites (N-methyl/N-ethyl adjacent to an activating group) is 1. The van der Waals surface area contributed by atoms with Gasteiger partial charge in [-0.2, -0.15) is 5.10 Å². The third-order valence-electron chi connectivity index (χ3n) is 2.48. The SMILES string of the molecule is CNC(Cc1cnn(C)c1)c1ccc(Cl)o1. The average Bonchev–Trinajstić information content (AvgIpc) is 2.84. The van der Waals surface area contributed by atoms with Crippen LogP contribution >= 0.6 is 11.6 Å². The summed E-state index contributed by atoms with van der Waals surface area (Å²) >= 11 is 5.76. The van der Waals surface area contributed by atoms with E-state index in [-0.39, 0.29) is 6.04 Å². The van der Waals surface area contributed by atoms with E-state index in [1.165, 1.54) is 0 Å². The molecule has 86 valence electrons. The molecular weight excluding hydrogens is 226 g/mol. The Morgan fingerprint density at radius 2 is 2.38 bits per heavy atom. The maximum Gasteiger partial charge on any atom is 0.193 e. The van der Waals surface area contributed by atoms with E-state index in [0.29, 0.717) is 5.22 Å². The van der Waals surface area contributed by atoms with Crippen molar-refractivity contribution in [1.29, 1.82) is 0 Å². The minimum Gasteiger partial charge on any atom is -0.448 e. The summed E-state index contributed by atoms with van der Waals surface area (Å²) in [5, 5.41) is 7.75. The second-order valence-corrected chi connectivity index (χ2v) is 4.08. The van der Waals surface area contributed by atoms with Crippen molar-refractivity contribution in [3.05, 3.63) is 41.1 Å². The largest absolute Gasteiger partial charge is 0.448 e. The smallest absolute Gasteiger partial charge is 0.193 e. The van der Waals surface area contributed by atoms with Gasteiger partial charge in [0.25, 0.3) is 0 Å². The molecule has 2 aromatic heterocycles. The highest BCUT2D eigenvalue weighted by molar-refractivity contribution is 6.28. The Morgan fingerprint density at radius 1 is 1.56 bits per heavy atom. The van der Waals surface area contributed by atoms with Crippen LogP contribution in [-0.4, -0.2) is 16.8 Å². The topological polar surface area (TPSA) is 43.0 Å². The Hall–Kier alpha value is -1.26. The number of nitrogens with zero attached hydrogens (tertiary/aromatic N) is 2. The van der Waals surface area contributed by atoms with Gasteiger partial charge in [-0.15, -0.1) is 0 Å². The first-order valence-electron chi connectivity index (χ1n) is 5.09. The highest BCUT2D eigenvalue weighted by Crippen LogP contribution is 2.22. The molecule has 5 heteroatoms. The molecule has 1 atom stereocenters. The summed E-state index contributed by atoms with van der Waals surface area (Å²) in [6, 6.07) is 3.77. The van der Waals surface area contributed by atoms with Gasteiger partial charge in [-0.3, -0.25) is 4.68 Å². The maximum absolute atomic E-state index is 5.76. The molecule has 0 saturated heterocycles. The van der Waals surface area contributed by atoms with Crippen LogP contribution in [0.1, 0.15) is 17.4 Å². The molecule has 0 fully saturated rings. The Bertz CT molecular complexity index is 463. The van der Waals surface area contributed by atoms with Crippen LogP contribution in [0.2, 0.25) is 5.22 Å². The summed E-state index contributed by atoms with van der Waals surface area (Å²) in [6.07, 6.45) is 4.68. The van der Waals surface area contributed by atoms with Gasteiger partial charge in [0.2, 0.25) is 0 Å². The molecule has 0 aliphatic heterocycles. The van der Waals surface area contributed by atoms with E-state index >= 15 is 0 Å². The lowest BCUT2D eigenvalue weighted by atomic mass is 10.1. The van der Waals surface area contributed by atoms with Crippen LogP contribution in [0, 0.1) is 0 Å². The Kier molecular flexibility index (Phi) is 3.31. The van der Waals surface area contributed by atoms with Crippen LogP contribution < -0.4 is 5.32 Å². The van der Waals surface area contributed by atoms with Crippen molar-refractivity contribution in [2.24, 2.45) is 7.05 Å². The van der Waals surface area contributed by atoms with Crippen LogP contribution in [0.4, 0.5) is 0 Å². The van der Waals surface area contributed by atoms with E-state index in [9.17, 15) is 0 Å². The minimum atomic E-state index is 0.122. The standard InChI is InChI=1S/C11H14ClN3O/c1-13-9(10-3-4-11(12)16-10)5-8-6-14-15(2)7-8/h3-4,6-7,9,13H,5H2,1-2H3. The second-order valence-electron chi connectivity index (χ2n) is 3.71. The predicted molar refractivity (Wildman–Crippen MR) is 62.4 cm³/mol. The van der Waals surface area contributed by atoms with Crippen molar-refractivity contribution < 1.29 is 4.42 Å². The summed E-state index contributed by atoms with van der Waals surface area (Å²) in [4.78, 5) is 0. The fourth-order valence-corrected chi connectivity index (χ4v) is 1.83. The fourth-order valence-electron chi connectivity index (χ4n) is 1.67. The zero-order valence-corrected chi connectivity index (χ0v) is 10.0. The first-order chi connectivity index (χ1) is 7.69. The summed E-state index contributed by atoms with van der Waals surface area (Å²) in [5.41, 5.74) is 1.16. The number of nitrogens with one attached hydrogen (secondary N) is 1. The lowest BCUT2D eigenvalue weighted by Crippen LogP contribution is -2.17. The highest BCUT2D eigenvalue weighted by atomic mass is 35.5. The van der Waals surface area contributed by atoms with Crippen LogP contribution in [0.5, 0.6) is 0 Å². The zero-order valence-electron chi connectivity index (χ0n) is 9.27. The van der Waals surface area contributed by atoms with E-state index in [2.05, 4.69) is 10.4 Å². The van der Waals surface area contributed by atoms with Crippen LogP contribution in [0.15, 0.2) is 28.9 Å². The first kappa shape index (κ1) is 11.2. The molecule has 0 saturated carbocycles. The fraction of sp³-hybridized carbons (Fsp3) is 0.364. The zero-order chi connectivity index (χ0) is 11.5. The number of aromatic nitrogens is 2. The van der Waals surface area contributed by atoms with E-state index in [0.717, 1.165) is 17.7 Å². The molecule has 0 radical (unpaired) electrons. The van der Waals surface area contributed by atoms with E-state index in [4.69, 9.17) is 16.0 Å². The number of furan rings is 1. The van der Waals surface area contributed by atoms with Crippen molar-refractivity contribution in [3.63, 3.8) is 0 Å². The number of halogens is 1. The average molecular weight is 240 g/mol. The summed E-state index contributed by atoms with van der Waals surface area (Å²) in [6.45, 7) is 0. The van der Waals surface area contributed by atoms with E-state index in [1.807, 2.05) is 32.6 Å². The number of rotatable bonds is 4. The van der Waals surface area contributed by atoms with Gasteiger partial charge in [0, 0.05) is 13.2 Å². The van der Waals surface area contributed by atoms with Crippen molar-refractivity contribution in [2.75, 3.05) is 7.05 Å². The maximum atomic E-state index is 5.76. The summed E-state index contributed by atoms with van der Waals surface area (Å²) in [7, 11) is 3.80. The molecule has 0 amide bonds. The van der Waals surface area contributed by atoms with Crippen molar-refractivity contribution >= 4 is 11.6 Å². The number of aryl methyl sites for hydroxylation is 1. The minimum absolute atomic E-state index is 0.122. The molecule has 2 aromatic rings. The van der Waals surface area contributed by atoms with Crippen LogP contribution in [0.3, 0.4) is 0 Å². The molecule has 1 N–H and O–H groups in total. The lowest BCUT2D eigenvalue weighted by molar-refractivity contribution is 0.430. The normalized spacial score (nSPS) is 12.9. The molecule has 0 aliphatic rings. The Labute approximate surface area is 99.2 Å². The molecule has 2 rings (SSSR count). The summed E-state index contributed by atoms with van der Waals surface area (Å²) < 4.78 is 7.18. The number of hydrogen-bond acceptors (Lipinski definition) is 3. The van der Waals surface area contributed by atoms with Gasteiger partial charge in [-0.1, -0.05) is 0 Å². The van der Waals surface area contributed by atoms with Gasteiger partial charge in [0.15, 0.2) is 5.22 Å². The highest BCUT2D eigenvalue weighted by Gasteiger charge is 2.14. The van der Waals surface area contributed by atoms with E-state index < -0.39 is 0 Å². The molecule has 0 aliphatic carbocycles. The van der Waals surface area contributed by atoms with Crippen molar-refractivity contribution in [1.82, 2.24) is 15.1 Å². The van der Waals surface area contributed by atoms with Crippen LogP contribution in [-0.2, 0) is 13.5 Å². The van der Waals surface area contributed by atoms with Gasteiger partial charge in [0.05, 0.1) is 12.2 Å². The molecule has 0 spiro atoms. The molecule has 16 heavy (non-hydrogen) atoms. The van der Waals surface area contributed by atoms with Crippen molar-refractivity contribution in [3.8, 4) is 0 Å². The molecule has 2 heterocycles. The van der Waals surface area contributed by atoms with Crippen molar-refractivity contribution in [2.45, 2.75) is 12.5 Å². The Balaban J connectivity index is 2.12. The second kappa shape index (κ2) is 4.72. The predicted octanol–water partition coefficient (Wildman–Crippen LogP) is 2.17.